The Bertz CT molecular complexity index is 894. The molecule has 160 valence electrons. The molecule has 3 amide bonds. The van der Waals surface area contributed by atoms with Gasteiger partial charge in [0.05, 0.1) is 11.6 Å². The molecule has 2 heterocycles. The third-order valence-corrected chi connectivity index (χ3v) is 5.72. The van der Waals surface area contributed by atoms with Crippen molar-refractivity contribution in [1.29, 1.82) is 0 Å². The SMILES string of the molecule is CC(C)CNC(=O)Nc1cc(-c2ccccc2)nn1C1NC(=O)C2CCCCC2N1. The maximum Gasteiger partial charge on any atom is 0.320 e. The zero-order valence-corrected chi connectivity index (χ0v) is 17.5. The van der Waals surface area contributed by atoms with Gasteiger partial charge in [0, 0.05) is 24.2 Å². The van der Waals surface area contributed by atoms with Crippen LogP contribution < -0.4 is 21.3 Å². The number of amides is 3. The number of urea groups is 1. The van der Waals surface area contributed by atoms with Gasteiger partial charge in [-0.25, -0.2) is 9.48 Å². The summed E-state index contributed by atoms with van der Waals surface area (Å²) in [7, 11) is 0. The summed E-state index contributed by atoms with van der Waals surface area (Å²) < 4.78 is 1.67. The first-order valence-electron chi connectivity index (χ1n) is 10.8. The van der Waals surface area contributed by atoms with E-state index in [-0.39, 0.29) is 23.9 Å². The predicted molar refractivity (Wildman–Crippen MR) is 116 cm³/mol. The Hall–Kier alpha value is -2.87. The van der Waals surface area contributed by atoms with E-state index in [1.165, 1.54) is 0 Å². The first kappa shape index (κ1) is 20.4. The van der Waals surface area contributed by atoms with Gasteiger partial charge < -0.3 is 10.6 Å². The molecule has 8 heteroatoms. The van der Waals surface area contributed by atoms with Crippen LogP contribution in [0.3, 0.4) is 0 Å². The number of anilines is 1. The van der Waals surface area contributed by atoms with E-state index in [1.54, 1.807) is 4.68 Å². The van der Waals surface area contributed by atoms with Crippen LogP contribution in [0.1, 0.15) is 45.8 Å². The topological polar surface area (TPSA) is 100 Å². The number of aromatic nitrogens is 2. The number of fused-ring (bicyclic) bond motifs is 1. The van der Waals surface area contributed by atoms with Crippen LogP contribution in [0.4, 0.5) is 10.6 Å². The summed E-state index contributed by atoms with van der Waals surface area (Å²) in [5, 5.41) is 17.1. The average molecular weight is 411 g/mol. The molecule has 2 fully saturated rings. The second-order valence-corrected chi connectivity index (χ2v) is 8.53. The Kier molecular flexibility index (Phi) is 6.03. The van der Waals surface area contributed by atoms with Crippen molar-refractivity contribution in [2.45, 2.75) is 51.9 Å². The number of carbonyl (C=O) groups is 2. The van der Waals surface area contributed by atoms with Crippen LogP contribution in [0.15, 0.2) is 36.4 Å². The van der Waals surface area contributed by atoms with Gasteiger partial charge in [0.15, 0.2) is 6.29 Å². The Morgan fingerprint density at radius 2 is 2.00 bits per heavy atom. The molecular weight excluding hydrogens is 380 g/mol. The van der Waals surface area contributed by atoms with Crippen LogP contribution in [0.25, 0.3) is 11.3 Å². The Morgan fingerprint density at radius 1 is 1.23 bits per heavy atom. The number of carbonyl (C=O) groups excluding carboxylic acids is 2. The quantitative estimate of drug-likeness (QED) is 0.609. The van der Waals surface area contributed by atoms with Crippen molar-refractivity contribution < 1.29 is 9.59 Å². The van der Waals surface area contributed by atoms with E-state index in [2.05, 4.69) is 21.3 Å². The number of nitrogens with zero attached hydrogens (tertiary/aromatic N) is 2. The van der Waals surface area contributed by atoms with E-state index < -0.39 is 6.29 Å². The molecule has 1 saturated heterocycles. The van der Waals surface area contributed by atoms with Crippen LogP contribution >= 0.6 is 0 Å². The molecule has 0 bridgehead atoms. The molecule has 4 N–H and O–H groups in total. The van der Waals surface area contributed by atoms with Crippen LogP contribution in [0.5, 0.6) is 0 Å². The molecule has 1 aromatic carbocycles. The zero-order valence-electron chi connectivity index (χ0n) is 17.5. The minimum atomic E-state index is -0.505. The van der Waals surface area contributed by atoms with Crippen molar-refractivity contribution in [2.24, 2.45) is 11.8 Å². The van der Waals surface area contributed by atoms with Crippen molar-refractivity contribution in [2.75, 3.05) is 11.9 Å². The molecule has 3 atom stereocenters. The second kappa shape index (κ2) is 8.87. The third-order valence-electron chi connectivity index (χ3n) is 5.72. The Morgan fingerprint density at radius 3 is 2.77 bits per heavy atom. The van der Waals surface area contributed by atoms with Crippen molar-refractivity contribution >= 4 is 17.8 Å². The lowest BCUT2D eigenvalue weighted by Crippen LogP contribution is -2.59. The van der Waals surface area contributed by atoms with Crippen LogP contribution in [-0.4, -0.2) is 34.3 Å². The van der Waals surface area contributed by atoms with Crippen molar-refractivity contribution in [3.8, 4) is 11.3 Å². The summed E-state index contributed by atoms with van der Waals surface area (Å²) >= 11 is 0. The summed E-state index contributed by atoms with van der Waals surface area (Å²) in [4.78, 5) is 25.1. The standard InChI is InChI=1S/C22H30N6O2/c1-14(2)13-23-22(30)25-19-12-18(15-8-4-3-5-9-15)27-28(19)21-24-17-11-7-6-10-16(17)20(29)26-21/h3-5,8-9,12,14,16-17,21,24H,6-7,10-11,13H2,1-2H3,(H,26,29)(H2,23,25,30). The van der Waals surface area contributed by atoms with E-state index >= 15 is 0 Å². The lowest BCUT2D eigenvalue weighted by atomic mass is 9.83. The number of nitrogens with one attached hydrogen (secondary N) is 4. The van der Waals surface area contributed by atoms with Gasteiger partial charge in [0.1, 0.15) is 5.82 Å². The highest BCUT2D eigenvalue weighted by Crippen LogP contribution is 2.30. The zero-order chi connectivity index (χ0) is 21.1. The highest BCUT2D eigenvalue weighted by atomic mass is 16.2. The number of rotatable bonds is 5. The molecule has 4 rings (SSSR count). The highest BCUT2D eigenvalue weighted by molar-refractivity contribution is 5.89. The molecule has 0 radical (unpaired) electrons. The van der Waals surface area contributed by atoms with Gasteiger partial charge in [-0.15, -0.1) is 0 Å². The van der Waals surface area contributed by atoms with Gasteiger partial charge in [-0.3, -0.25) is 15.4 Å². The summed E-state index contributed by atoms with van der Waals surface area (Å²) in [6, 6.07) is 11.5. The summed E-state index contributed by atoms with van der Waals surface area (Å²) in [6.07, 6.45) is 3.58. The van der Waals surface area contributed by atoms with Gasteiger partial charge in [-0.05, 0) is 18.8 Å². The Labute approximate surface area is 176 Å². The molecule has 1 aliphatic carbocycles. The molecule has 0 spiro atoms. The summed E-state index contributed by atoms with van der Waals surface area (Å²) in [6.45, 7) is 4.66. The minimum absolute atomic E-state index is 0.00454. The fraction of sp³-hybridized carbons (Fsp3) is 0.500. The molecule has 3 unspecified atom stereocenters. The van der Waals surface area contributed by atoms with Gasteiger partial charge in [-0.2, -0.15) is 5.10 Å². The fourth-order valence-electron chi connectivity index (χ4n) is 4.15. The lowest BCUT2D eigenvalue weighted by Gasteiger charge is -2.40. The summed E-state index contributed by atoms with van der Waals surface area (Å²) in [5.41, 5.74) is 1.68. The van der Waals surface area contributed by atoms with E-state index in [0.29, 0.717) is 18.3 Å². The normalized spacial score (nSPS) is 23.6. The van der Waals surface area contributed by atoms with Crippen molar-refractivity contribution in [3.05, 3.63) is 36.4 Å². The number of hydrogen-bond acceptors (Lipinski definition) is 4. The van der Waals surface area contributed by atoms with Crippen molar-refractivity contribution in [3.63, 3.8) is 0 Å². The van der Waals surface area contributed by atoms with Gasteiger partial charge in [-0.1, -0.05) is 57.0 Å². The van der Waals surface area contributed by atoms with Crippen LogP contribution in [0.2, 0.25) is 0 Å². The molecule has 8 nitrogen and oxygen atoms in total. The third kappa shape index (κ3) is 4.48. The van der Waals surface area contributed by atoms with Gasteiger partial charge in [0.2, 0.25) is 5.91 Å². The molecule has 1 saturated carbocycles. The maximum atomic E-state index is 12.7. The van der Waals surface area contributed by atoms with E-state index in [4.69, 9.17) is 5.10 Å². The average Bonchev–Trinajstić information content (AvgIpc) is 3.16. The summed E-state index contributed by atoms with van der Waals surface area (Å²) in [5.74, 6) is 0.936. The van der Waals surface area contributed by atoms with E-state index in [9.17, 15) is 9.59 Å². The molecule has 1 aromatic heterocycles. The highest BCUT2D eigenvalue weighted by Gasteiger charge is 2.38. The van der Waals surface area contributed by atoms with Gasteiger partial charge in [0.25, 0.3) is 0 Å². The number of benzene rings is 1. The minimum Gasteiger partial charge on any atom is -0.338 e. The van der Waals surface area contributed by atoms with Crippen LogP contribution in [0, 0.1) is 11.8 Å². The first-order chi connectivity index (χ1) is 14.5. The maximum absolute atomic E-state index is 12.7. The predicted octanol–water partition coefficient (Wildman–Crippen LogP) is 3.06. The largest absolute Gasteiger partial charge is 0.338 e. The molecule has 2 aliphatic rings. The number of hydrogen-bond donors (Lipinski definition) is 4. The molecule has 1 aliphatic heterocycles. The monoisotopic (exact) mass is 410 g/mol. The molecule has 30 heavy (non-hydrogen) atoms. The fourth-order valence-corrected chi connectivity index (χ4v) is 4.15. The Balaban J connectivity index is 1.60. The molecular formula is C22H30N6O2. The lowest BCUT2D eigenvalue weighted by molar-refractivity contribution is -0.132. The second-order valence-electron chi connectivity index (χ2n) is 8.53. The van der Waals surface area contributed by atoms with E-state index in [0.717, 1.165) is 36.9 Å². The van der Waals surface area contributed by atoms with E-state index in [1.807, 2.05) is 50.2 Å². The molecule has 2 aromatic rings. The first-order valence-corrected chi connectivity index (χ1v) is 10.8. The van der Waals surface area contributed by atoms with Gasteiger partial charge >= 0.3 is 6.03 Å². The van der Waals surface area contributed by atoms with Crippen molar-refractivity contribution in [1.82, 2.24) is 25.7 Å². The van der Waals surface area contributed by atoms with Crippen LogP contribution in [-0.2, 0) is 4.79 Å². The smallest absolute Gasteiger partial charge is 0.320 e.